The molecular weight excluding hydrogens is 359 g/mol. The van der Waals surface area contributed by atoms with E-state index in [0.717, 1.165) is 11.1 Å². The van der Waals surface area contributed by atoms with Crippen LogP contribution in [-0.2, 0) is 22.6 Å². The van der Waals surface area contributed by atoms with Crippen molar-refractivity contribution < 1.29 is 9.59 Å². The van der Waals surface area contributed by atoms with Crippen molar-refractivity contribution in [3.63, 3.8) is 0 Å². The van der Waals surface area contributed by atoms with Gasteiger partial charge in [-0.15, -0.1) is 0 Å². The van der Waals surface area contributed by atoms with Crippen LogP contribution in [0.1, 0.15) is 18.1 Å². The lowest BCUT2D eigenvalue weighted by Gasteiger charge is -2.28. The summed E-state index contributed by atoms with van der Waals surface area (Å²) < 4.78 is 0. The number of hydrogen-bond acceptors (Lipinski definition) is 2. The molecule has 2 aromatic rings. The molecule has 0 bridgehead atoms. The highest BCUT2D eigenvalue weighted by Gasteiger charge is 2.25. The van der Waals surface area contributed by atoms with Gasteiger partial charge in [0.2, 0.25) is 11.8 Å². The van der Waals surface area contributed by atoms with E-state index in [4.69, 9.17) is 23.2 Å². The van der Waals surface area contributed by atoms with Crippen LogP contribution in [0.3, 0.4) is 0 Å². The largest absolute Gasteiger partial charge is 0.357 e. The lowest BCUT2D eigenvalue weighted by molar-refractivity contribution is -0.139. The Morgan fingerprint density at radius 2 is 1.72 bits per heavy atom. The number of nitrogens with zero attached hydrogens (tertiary/aromatic N) is 1. The van der Waals surface area contributed by atoms with Crippen molar-refractivity contribution in [2.45, 2.75) is 25.9 Å². The Morgan fingerprint density at radius 3 is 2.32 bits per heavy atom. The molecule has 0 saturated carbocycles. The molecule has 0 radical (unpaired) electrons. The van der Waals surface area contributed by atoms with Gasteiger partial charge in [-0.1, -0.05) is 47.5 Å². The molecule has 6 heteroatoms. The normalized spacial score (nSPS) is 11.7. The zero-order valence-electron chi connectivity index (χ0n) is 14.1. The van der Waals surface area contributed by atoms with Gasteiger partial charge in [0.25, 0.3) is 0 Å². The predicted octanol–water partition coefficient (Wildman–Crippen LogP) is 3.70. The Labute approximate surface area is 157 Å². The van der Waals surface area contributed by atoms with Crippen LogP contribution in [0, 0.1) is 0 Å². The molecule has 1 N–H and O–H groups in total. The lowest BCUT2D eigenvalue weighted by Crippen LogP contribution is -2.47. The number of hydrogen-bond donors (Lipinski definition) is 1. The van der Waals surface area contributed by atoms with Crippen LogP contribution in [0.4, 0.5) is 0 Å². The Kier molecular flexibility index (Phi) is 6.85. The Bertz CT molecular complexity index is 747. The maximum absolute atomic E-state index is 12.8. The Hall–Kier alpha value is -2.04. The number of carbonyl (C=O) groups excluding carboxylic acids is 2. The van der Waals surface area contributed by atoms with Gasteiger partial charge in [0.05, 0.1) is 6.42 Å². The molecule has 25 heavy (non-hydrogen) atoms. The summed E-state index contributed by atoms with van der Waals surface area (Å²) in [6, 6.07) is 13.8. The molecule has 0 saturated heterocycles. The maximum atomic E-state index is 12.8. The van der Waals surface area contributed by atoms with Crippen LogP contribution in [-0.4, -0.2) is 29.8 Å². The smallest absolute Gasteiger partial charge is 0.242 e. The average Bonchev–Trinajstić information content (AvgIpc) is 2.60. The molecular formula is C19H20Cl2N2O2. The van der Waals surface area contributed by atoms with Gasteiger partial charge in [0.1, 0.15) is 6.04 Å². The highest BCUT2D eigenvalue weighted by molar-refractivity contribution is 6.30. The van der Waals surface area contributed by atoms with Crippen molar-refractivity contribution in [3.8, 4) is 0 Å². The van der Waals surface area contributed by atoms with Crippen molar-refractivity contribution >= 4 is 35.0 Å². The molecule has 1 atom stereocenters. The second-order valence-corrected chi connectivity index (χ2v) is 6.62. The van der Waals surface area contributed by atoms with Crippen LogP contribution < -0.4 is 5.32 Å². The van der Waals surface area contributed by atoms with Gasteiger partial charge in [-0.05, 0) is 42.3 Å². The molecule has 0 heterocycles. The first-order valence-corrected chi connectivity index (χ1v) is 8.66. The van der Waals surface area contributed by atoms with Crippen molar-refractivity contribution in [1.82, 2.24) is 10.2 Å². The molecule has 132 valence electrons. The molecule has 0 aliphatic carbocycles. The van der Waals surface area contributed by atoms with Crippen LogP contribution in [0.25, 0.3) is 0 Å². The van der Waals surface area contributed by atoms with Crippen molar-refractivity contribution in [2.24, 2.45) is 0 Å². The summed E-state index contributed by atoms with van der Waals surface area (Å²) in [7, 11) is 1.56. The van der Waals surface area contributed by atoms with E-state index in [1.807, 2.05) is 24.3 Å². The molecule has 0 aromatic heterocycles. The third-order valence-electron chi connectivity index (χ3n) is 3.92. The number of halogens is 2. The fourth-order valence-corrected chi connectivity index (χ4v) is 2.84. The van der Waals surface area contributed by atoms with Gasteiger partial charge >= 0.3 is 0 Å². The summed E-state index contributed by atoms with van der Waals surface area (Å²) in [5.74, 6) is -0.357. The maximum Gasteiger partial charge on any atom is 0.242 e. The number of amides is 2. The second-order valence-electron chi connectivity index (χ2n) is 5.75. The van der Waals surface area contributed by atoms with Crippen molar-refractivity contribution in [3.05, 3.63) is 69.7 Å². The quantitative estimate of drug-likeness (QED) is 0.832. The summed E-state index contributed by atoms with van der Waals surface area (Å²) in [4.78, 5) is 26.4. The molecule has 2 amide bonds. The van der Waals surface area contributed by atoms with Gasteiger partial charge in [0, 0.05) is 23.6 Å². The van der Waals surface area contributed by atoms with Gasteiger partial charge in [-0.2, -0.15) is 0 Å². The number of nitrogens with one attached hydrogen (secondary N) is 1. The second kappa shape index (κ2) is 8.88. The summed E-state index contributed by atoms with van der Waals surface area (Å²) in [5, 5.41) is 3.80. The van der Waals surface area contributed by atoms with E-state index in [2.05, 4.69) is 5.32 Å². The number of carbonyl (C=O) groups is 2. The zero-order valence-corrected chi connectivity index (χ0v) is 15.6. The third kappa shape index (κ3) is 5.48. The predicted molar refractivity (Wildman–Crippen MR) is 101 cm³/mol. The van der Waals surface area contributed by atoms with E-state index < -0.39 is 6.04 Å². The van der Waals surface area contributed by atoms with E-state index in [1.165, 1.54) is 0 Å². The van der Waals surface area contributed by atoms with Crippen LogP contribution in [0.15, 0.2) is 48.5 Å². The summed E-state index contributed by atoms with van der Waals surface area (Å²) in [6.45, 7) is 2.02. The lowest BCUT2D eigenvalue weighted by atomic mass is 10.1. The van der Waals surface area contributed by atoms with E-state index >= 15 is 0 Å². The van der Waals surface area contributed by atoms with E-state index in [1.54, 1.807) is 43.1 Å². The first-order valence-electron chi connectivity index (χ1n) is 7.90. The minimum Gasteiger partial charge on any atom is -0.357 e. The molecule has 1 unspecified atom stereocenters. The minimum atomic E-state index is -0.594. The molecule has 0 aliphatic heterocycles. The third-order valence-corrected chi connectivity index (χ3v) is 4.41. The van der Waals surface area contributed by atoms with Crippen LogP contribution in [0.5, 0.6) is 0 Å². The fourth-order valence-electron chi connectivity index (χ4n) is 2.50. The highest BCUT2D eigenvalue weighted by Crippen LogP contribution is 2.17. The summed E-state index contributed by atoms with van der Waals surface area (Å²) in [5.41, 5.74) is 1.71. The van der Waals surface area contributed by atoms with E-state index in [-0.39, 0.29) is 18.2 Å². The van der Waals surface area contributed by atoms with E-state index in [9.17, 15) is 9.59 Å². The van der Waals surface area contributed by atoms with Crippen LogP contribution >= 0.6 is 23.2 Å². The Balaban J connectivity index is 2.21. The van der Waals surface area contributed by atoms with Crippen LogP contribution in [0.2, 0.25) is 10.0 Å². The first kappa shape index (κ1) is 19.3. The van der Waals surface area contributed by atoms with E-state index in [0.29, 0.717) is 16.6 Å². The van der Waals surface area contributed by atoms with Crippen molar-refractivity contribution in [2.75, 3.05) is 7.05 Å². The monoisotopic (exact) mass is 378 g/mol. The molecule has 2 rings (SSSR count). The molecule has 2 aromatic carbocycles. The topological polar surface area (TPSA) is 49.4 Å². The number of benzene rings is 2. The molecule has 0 fully saturated rings. The fraction of sp³-hybridized carbons (Fsp3) is 0.263. The van der Waals surface area contributed by atoms with Crippen molar-refractivity contribution in [1.29, 1.82) is 0 Å². The Morgan fingerprint density at radius 1 is 1.04 bits per heavy atom. The average molecular weight is 379 g/mol. The summed E-state index contributed by atoms with van der Waals surface area (Å²) in [6.07, 6.45) is 0.194. The SMILES string of the molecule is CNC(=O)C(C)N(Cc1cccc(Cl)c1)C(=O)Cc1ccc(Cl)cc1. The summed E-state index contributed by atoms with van der Waals surface area (Å²) >= 11 is 11.9. The first-order chi connectivity index (χ1) is 11.9. The number of rotatable bonds is 6. The van der Waals surface area contributed by atoms with Gasteiger partial charge in [-0.3, -0.25) is 9.59 Å². The molecule has 4 nitrogen and oxygen atoms in total. The standard InChI is InChI=1S/C19H20Cl2N2O2/c1-13(19(25)22-2)23(12-15-4-3-5-17(21)10-15)18(24)11-14-6-8-16(20)9-7-14/h3-10,13H,11-12H2,1-2H3,(H,22,25). The highest BCUT2D eigenvalue weighted by atomic mass is 35.5. The van der Waals surface area contributed by atoms with Gasteiger partial charge in [-0.25, -0.2) is 0 Å². The number of likely N-dealkylation sites (N-methyl/N-ethyl adjacent to an activating group) is 1. The molecule has 0 spiro atoms. The van der Waals surface area contributed by atoms with Gasteiger partial charge in [0.15, 0.2) is 0 Å². The minimum absolute atomic E-state index is 0.140. The zero-order chi connectivity index (χ0) is 18.4. The van der Waals surface area contributed by atoms with Gasteiger partial charge < -0.3 is 10.2 Å². The molecule has 0 aliphatic rings.